The van der Waals surface area contributed by atoms with Gasteiger partial charge in [0.15, 0.2) is 0 Å². The summed E-state index contributed by atoms with van der Waals surface area (Å²) in [6.45, 7) is 0. The molecule has 1 aliphatic rings. The minimum Gasteiger partial charge on any atom is -0.497 e. The van der Waals surface area contributed by atoms with Gasteiger partial charge in [-0.1, -0.05) is 18.2 Å². The van der Waals surface area contributed by atoms with Gasteiger partial charge in [0.05, 0.1) is 24.3 Å². The maximum absolute atomic E-state index is 12.9. The first-order valence-electron chi connectivity index (χ1n) is 7.88. The number of ether oxygens (including phenoxy) is 1. The van der Waals surface area contributed by atoms with Gasteiger partial charge in [0, 0.05) is 6.42 Å². The number of thiophene rings is 1. The molecule has 3 heterocycles. The van der Waals surface area contributed by atoms with E-state index >= 15 is 0 Å². The van der Waals surface area contributed by atoms with E-state index in [0.29, 0.717) is 17.1 Å². The maximum atomic E-state index is 12.9. The molecule has 5 nitrogen and oxygen atoms in total. The van der Waals surface area contributed by atoms with Gasteiger partial charge < -0.3 is 9.15 Å². The molecule has 2 aromatic heterocycles. The van der Waals surface area contributed by atoms with E-state index in [1.165, 1.54) is 11.3 Å². The van der Waals surface area contributed by atoms with E-state index in [1.54, 1.807) is 18.4 Å². The summed E-state index contributed by atoms with van der Waals surface area (Å²) in [4.78, 5) is 13.6. The SMILES string of the molecule is COc1cccc(C2CC(c3ccco3)=NN2C(=O)c2cccs2)c1. The van der Waals surface area contributed by atoms with Crippen molar-refractivity contribution < 1.29 is 13.9 Å². The Morgan fingerprint density at radius 1 is 1.28 bits per heavy atom. The molecule has 0 saturated heterocycles. The molecule has 126 valence electrons. The zero-order valence-corrected chi connectivity index (χ0v) is 14.4. The van der Waals surface area contributed by atoms with Gasteiger partial charge in [-0.15, -0.1) is 11.3 Å². The van der Waals surface area contributed by atoms with Gasteiger partial charge in [0.2, 0.25) is 0 Å². The van der Waals surface area contributed by atoms with Gasteiger partial charge in [-0.05, 0) is 41.3 Å². The highest BCUT2D eigenvalue weighted by atomic mass is 32.1. The van der Waals surface area contributed by atoms with E-state index in [9.17, 15) is 4.79 Å². The Kier molecular flexibility index (Phi) is 4.11. The first kappa shape index (κ1) is 15.7. The average molecular weight is 352 g/mol. The predicted molar refractivity (Wildman–Crippen MR) is 96.1 cm³/mol. The lowest BCUT2D eigenvalue weighted by atomic mass is 10.0. The van der Waals surface area contributed by atoms with E-state index in [-0.39, 0.29) is 11.9 Å². The molecular weight excluding hydrogens is 336 g/mol. The summed E-state index contributed by atoms with van der Waals surface area (Å²) in [7, 11) is 1.63. The fourth-order valence-corrected chi connectivity index (χ4v) is 3.57. The van der Waals surface area contributed by atoms with Crippen LogP contribution in [0.3, 0.4) is 0 Å². The molecule has 0 spiro atoms. The van der Waals surface area contributed by atoms with E-state index in [4.69, 9.17) is 9.15 Å². The van der Waals surface area contributed by atoms with Crippen molar-refractivity contribution in [1.82, 2.24) is 5.01 Å². The largest absolute Gasteiger partial charge is 0.497 e. The normalized spacial score (nSPS) is 16.8. The Labute approximate surface area is 149 Å². The quantitative estimate of drug-likeness (QED) is 0.702. The third-order valence-electron chi connectivity index (χ3n) is 4.13. The molecule has 1 unspecified atom stereocenters. The summed E-state index contributed by atoms with van der Waals surface area (Å²) < 4.78 is 10.8. The van der Waals surface area contributed by atoms with Crippen molar-refractivity contribution >= 4 is 23.0 Å². The van der Waals surface area contributed by atoms with Crippen molar-refractivity contribution in [3.63, 3.8) is 0 Å². The minimum atomic E-state index is -0.190. The molecule has 1 atom stereocenters. The molecule has 0 bridgehead atoms. The number of hydrogen-bond donors (Lipinski definition) is 0. The summed E-state index contributed by atoms with van der Waals surface area (Å²) in [5, 5.41) is 8.02. The van der Waals surface area contributed by atoms with Gasteiger partial charge in [-0.25, -0.2) is 5.01 Å². The van der Waals surface area contributed by atoms with Gasteiger partial charge in [0.25, 0.3) is 5.91 Å². The molecule has 0 saturated carbocycles. The topological polar surface area (TPSA) is 55.0 Å². The summed E-state index contributed by atoms with van der Waals surface area (Å²) in [5.41, 5.74) is 1.75. The van der Waals surface area contributed by atoms with Crippen molar-refractivity contribution in [1.29, 1.82) is 0 Å². The van der Waals surface area contributed by atoms with Crippen LogP contribution in [0.4, 0.5) is 0 Å². The average Bonchev–Trinajstić information content (AvgIpc) is 3.42. The van der Waals surface area contributed by atoms with Crippen LogP contribution in [0.2, 0.25) is 0 Å². The standard InChI is InChI=1S/C19H16N2O3S/c1-23-14-6-2-5-13(11-14)16-12-15(17-7-3-9-24-17)20-21(16)19(22)18-8-4-10-25-18/h2-11,16H,12H2,1H3. The number of amides is 1. The highest BCUT2D eigenvalue weighted by Crippen LogP contribution is 2.35. The van der Waals surface area contributed by atoms with Crippen molar-refractivity contribution in [2.75, 3.05) is 7.11 Å². The summed E-state index contributed by atoms with van der Waals surface area (Å²) in [6, 6.07) is 14.9. The fourth-order valence-electron chi connectivity index (χ4n) is 2.91. The predicted octanol–water partition coefficient (Wildman–Crippen LogP) is 4.34. The lowest BCUT2D eigenvalue weighted by Gasteiger charge is -2.21. The Hall–Kier alpha value is -2.86. The van der Waals surface area contributed by atoms with Crippen LogP contribution >= 0.6 is 11.3 Å². The van der Waals surface area contributed by atoms with E-state index < -0.39 is 0 Å². The third-order valence-corrected chi connectivity index (χ3v) is 4.99. The highest BCUT2D eigenvalue weighted by molar-refractivity contribution is 7.12. The lowest BCUT2D eigenvalue weighted by molar-refractivity contribution is 0.0716. The summed E-state index contributed by atoms with van der Waals surface area (Å²) in [6.07, 6.45) is 2.21. The number of rotatable bonds is 4. The number of hydrazone groups is 1. The van der Waals surface area contributed by atoms with Crippen LogP contribution in [0.25, 0.3) is 0 Å². The lowest BCUT2D eigenvalue weighted by Crippen LogP contribution is -2.26. The summed E-state index contributed by atoms with van der Waals surface area (Å²) in [5.74, 6) is 1.34. The van der Waals surface area contributed by atoms with E-state index in [1.807, 2.05) is 53.9 Å². The molecule has 0 N–H and O–H groups in total. The molecule has 0 fully saturated rings. The van der Waals surface area contributed by atoms with Crippen LogP contribution in [-0.4, -0.2) is 23.7 Å². The van der Waals surface area contributed by atoms with Crippen LogP contribution < -0.4 is 4.74 Å². The van der Waals surface area contributed by atoms with E-state index in [0.717, 1.165) is 17.0 Å². The molecule has 3 aromatic rings. The molecule has 1 amide bonds. The van der Waals surface area contributed by atoms with Gasteiger partial charge >= 0.3 is 0 Å². The molecular formula is C19H16N2O3S. The number of benzene rings is 1. The van der Waals surface area contributed by atoms with Crippen LogP contribution in [0.5, 0.6) is 5.75 Å². The molecule has 1 aromatic carbocycles. The van der Waals surface area contributed by atoms with Crippen LogP contribution in [-0.2, 0) is 0 Å². The first-order chi connectivity index (χ1) is 12.3. The zero-order chi connectivity index (χ0) is 17.2. The molecule has 0 aliphatic carbocycles. The third kappa shape index (κ3) is 2.96. The smallest absolute Gasteiger partial charge is 0.284 e. The highest BCUT2D eigenvalue weighted by Gasteiger charge is 2.35. The summed E-state index contributed by atoms with van der Waals surface area (Å²) >= 11 is 1.41. The van der Waals surface area contributed by atoms with Gasteiger partial charge in [-0.3, -0.25) is 4.79 Å². The number of hydrogen-bond acceptors (Lipinski definition) is 5. The van der Waals surface area contributed by atoms with Crippen LogP contribution in [0, 0.1) is 0 Å². The van der Waals surface area contributed by atoms with E-state index in [2.05, 4.69) is 5.10 Å². The van der Waals surface area contributed by atoms with Gasteiger partial charge in [0.1, 0.15) is 17.2 Å². The monoisotopic (exact) mass is 352 g/mol. The van der Waals surface area contributed by atoms with Crippen LogP contribution in [0.15, 0.2) is 69.7 Å². The second-order valence-electron chi connectivity index (χ2n) is 5.65. The van der Waals surface area contributed by atoms with Crippen molar-refractivity contribution in [3.8, 4) is 5.75 Å². The minimum absolute atomic E-state index is 0.107. The molecule has 6 heteroatoms. The Morgan fingerprint density at radius 3 is 2.92 bits per heavy atom. The van der Waals surface area contributed by atoms with Crippen molar-refractivity contribution in [2.45, 2.75) is 12.5 Å². The first-order valence-corrected chi connectivity index (χ1v) is 8.76. The number of methoxy groups -OCH3 is 1. The fraction of sp³-hybridized carbons (Fsp3) is 0.158. The number of nitrogens with zero attached hydrogens (tertiary/aromatic N) is 2. The molecule has 25 heavy (non-hydrogen) atoms. The number of furan rings is 1. The molecule has 0 radical (unpaired) electrons. The maximum Gasteiger partial charge on any atom is 0.284 e. The Morgan fingerprint density at radius 2 is 2.20 bits per heavy atom. The van der Waals surface area contributed by atoms with Crippen molar-refractivity contribution in [2.24, 2.45) is 5.10 Å². The molecule has 4 rings (SSSR count). The second-order valence-corrected chi connectivity index (χ2v) is 6.60. The molecule has 1 aliphatic heterocycles. The number of carbonyl (C=O) groups is 1. The van der Waals surface area contributed by atoms with Gasteiger partial charge in [-0.2, -0.15) is 5.10 Å². The van der Waals surface area contributed by atoms with Crippen molar-refractivity contribution in [3.05, 3.63) is 76.4 Å². The Balaban J connectivity index is 1.72. The zero-order valence-electron chi connectivity index (χ0n) is 13.6. The number of carbonyl (C=O) groups excluding carboxylic acids is 1. The van der Waals surface area contributed by atoms with Crippen LogP contribution in [0.1, 0.15) is 33.5 Å². The second kappa shape index (κ2) is 6.57. The Bertz CT molecular complexity index is 901.